The molecule has 0 atom stereocenters. The summed E-state index contributed by atoms with van der Waals surface area (Å²) in [6.07, 6.45) is 7.28. The van der Waals surface area contributed by atoms with Gasteiger partial charge in [-0.05, 0) is 37.5 Å². The van der Waals surface area contributed by atoms with Gasteiger partial charge in [0.05, 0.1) is 5.69 Å². The van der Waals surface area contributed by atoms with Gasteiger partial charge in [0.25, 0.3) is 0 Å². The van der Waals surface area contributed by atoms with Gasteiger partial charge in [-0.15, -0.1) is 24.0 Å². The number of rotatable bonds is 7. The van der Waals surface area contributed by atoms with E-state index in [2.05, 4.69) is 41.5 Å². The fourth-order valence-electron chi connectivity index (χ4n) is 3.59. The van der Waals surface area contributed by atoms with E-state index in [4.69, 9.17) is 0 Å². The van der Waals surface area contributed by atoms with E-state index < -0.39 is 0 Å². The Hall–Kier alpha value is -0.790. The zero-order valence-corrected chi connectivity index (χ0v) is 18.2. The number of halogens is 1. The summed E-state index contributed by atoms with van der Waals surface area (Å²) in [6, 6.07) is 0. The molecule has 0 amide bonds. The van der Waals surface area contributed by atoms with Crippen molar-refractivity contribution in [2.75, 3.05) is 13.6 Å². The summed E-state index contributed by atoms with van der Waals surface area (Å²) in [5.41, 5.74) is 4.33. The van der Waals surface area contributed by atoms with Crippen molar-refractivity contribution in [1.29, 1.82) is 0 Å². The second-order valence-corrected chi connectivity index (χ2v) is 6.69. The van der Waals surface area contributed by atoms with Gasteiger partial charge in [-0.2, -0.15) is 5.10 Å². The summed E-state index contributed by atoms with van der Waals surface area (Å²) < 4.78 is 2.02. The Labute approximate surface area is 164 Å². The first-order valence-corrected chi connectivity index (χ1v) is 9.07. The first-order valence-electron chi connectivity index (χ1n) is 9.07. The first-order chi connectivity index (χ1) is 11.1. The smallest absolute Gasteiger partial charge is 0.191 e. The molecule has 2 N–H and O–H groups in total. The molecule has 24 heavy (non-hydrogen) atoms. The lowest BCUT2D eigenvalue weighted by molar-refractivity contribution is 0.131. The predicted octanol–water partition coefficient (Wildman–Crippen LogP) is 3.41. The SMILES string of the molecule is CCc1nn(C)c(CC)c1CNC(=NC)NCC1(CC)CCC1.I. The van der Waals surface area contributed by atoms with E-state index in [9.17, 15) is 0 Å². The van der Waals surface area contributed by atoms with Crippen LogP contribution in [0.3, 0.4) is 0 Å². The molecule has 0 aromatic carbocycles. The third kappa shape index (κ3) is 4.64. The topological polar surface area (TPSA) is 54.2 Å². The second-order valence-electron chi connectivity index (χ2n) is 6.69. The van der Waals surface area contributed by atoms with E-state index in [1.165, 1.54) is 42.6 Å². The van der Waals surface area contributed by atoms with Crippen LogP contribution in [0.2, 0.25) is 0 Å². The first kappa shape index (κ1) is 21.3. The normalized spacial score (nSPS) is 16.3. The third-order valence-corrected chi connectivity index (χ3v) is 5.48. The molecule has 0 bridgehead atoms. The van der Waals surface area contributed by atoms with E-state index in [1.807, 2.05) is 18.8 Å². The number of aromatic nitrogens is 2. The Morgan fingerprint density at radius 3 is 2.38 bits per heavy atom. The van der Waals surface area contributed by atoms with Crippen molar-refractivity contribution in [3.8, 4) is 0 Å². The number of nitrogens with zero attached hydrogens (tertiary/aromatic N) is 3. The van der Waals surface area contributed by atoms with Crippen LogP contribution in [-0.2, 0) is 26.4 Å². The van der Waals surface area contributed by atoms with E-state index in [0.29, 0.717) is 5.41 Å². The molecule has 1 aromatic rings. The second kappa shape index (κ2) is 9.63. The number of nitrogens with one attached hydrogen (secondary N) is 2. The fourth-order valence-corrected chi connectivity index (χ4v) is 3.59. The summed E-state index contributed by atoms with van der Waals surface area (Å²) >= 11 is 0. The monoisotopic (exact) mass is 447 g/mol. The average Bonchev–Trinajstić information content (AvgIpc) is 2.84. The van der Waals surface area contributed by atoms with Gasteiger partial charge in [0.15, 0.2) is 5.96 Å². The minimum atomic E-state index is 0. The van der Waals surface area contributed by atoms with Gasteiger partial charge in [0.2, 0.25) is 0 Å². The summed E-state index contributed by atoms with van der Waals surface area (Å²) in [5, 5.41) is 11.6. The van der Waals surface area contributed by atoms with Gasteiger partial charge < -0.3 is 10.6 Å². The van der Waals surface area contributed by atoms with E-state index >= 15 is 0 Å². The van der Waals surface area contributed by atoms with Crippen LogP contribution in [0.15, 0.2) is 4.99 Å². The molecule has 0 saturated heterocycles. The quantitative estimate of drug-likeness (QED) is 0.383. The van der Waals surface area contributed by atoms with Crippen molar-refractivity contribution in [2.24, 2.45) is 17.5 Å². The highest BCUT2D eigenvalue weighted by Crippen LogP contribution is 2.42. The van der Waals surface area contributed by atoms with Gasteiger partial charge in [-0.1, -0.05) is 27.2 Å². The lowest BCUT2D eigenvalue weighted by atomic mass is 9.67. The van der Waals surface area contributed by atoms with Crippen LogP contribution in [0, 0.1) is 5.41 Å². The highest BCUT2D eigenvalue weighted by Gasteiger charge is 2.34. The maximum absolute atomic E-state index is 4.64. The van der Waals surface area contributed by atoms with Crippen molar-refractivity contribution in [3.63, 3.8) is 0 Å². The number of hydrogen-bond acceptors (Lipinski definition) is 2. The summed E-state index contributed by atoms with van der Waals surface area (Å²) in [5.74, 6) is 0.901. The molecule has 5 nitrogen and oxygen atoms in total. The molecule has 1 aliphatic carbocycles. The van der Waals surface area contributed by atoms with Crippen molar-refractivity contribution in [2.45, 2.75) is 65.8 Å². The molecule has 138 valence electrons. The molecular formula is C18H34IN5. The fraction of sp³-hybridized carbons (Fsp3) is 0.778. The van der Waals surface area contributed by atoms with Gasteiger partial charge in [-0.25, -0.2) is 0 Å². The molecule has 0 aliphatic heterocycles. The van der Waals surface area contributed by atoms with Gasteiger partial charge in [0, 0.05) is 38.4 Å². The number of hydrogen-bond donors (Lipinski definition) is 2. The lowest BCUT2D eigenvalue weighted by Gasteiger charge is -2.41. The molecule has 2 rings (SSSR count). The predicted molar refractivity (Wildman–Crippen MR) is 112 cm³/mol. The van der Waals surface area contributed by atoms with Crippen LogP contribution in [0.4, 0.5) is 0 Å². The van der Waals surface area contributed by atoms with Crippen LogP contribution >= 0.6 is 24.0 Å². The Kier molecular flexibility index (Phi) is 8.53. The Morgan fingerprint density at radius 2 is 1.92 bits per heavy atom. The molecule has 0 radical (unpaired) electrons. The van der Waals surface area contributed by atoms with Crippen LogP contribution < -0.4 is 10.6 Å². The molecule has 1 aromatic heterocycles. The molecule has 1 aliphatic rings. The zero-order chi connectivity index (χ0) is 16.9. The molecule has 1 saturated carbocycles. The van der Waals surface area contributed by atoms with Crippen molar-refractivity contribution in [1.82, 2.24) is 20.4 Å². The number of aryl methyl sites for hydroxylation is 2. The maximum Gasteiger partial charge on any atom is 0.191 e. The molecule has 0 unspecified atom stereocenters. The number of guanidine groups is 1. The summed E-state index contributed by atoms with van der Waals surface area (Å²) in [6.45, 7) is 8.47. The Morgan fingerprint density at radius 1 is 1.21 bits per heavy atom. The standard InChI is InChI=1S/C18H33N5.HI/c1-6-15-14(16(7-2)23(5)22-15)12-20-17(19-4)21-13-18(8-3)10-9-11-18;/h6-13H2,1-5H3,(H2,19,20,21);1H. The number of aliphatic imine (C=N–C) groups is 1. The Bertz CT molecular complexity index is 540. The van der Waals surface area contributed by atoms with Gasteiger partial charge in [-0.3, -0.25) is 9.67 Å². The van der Waals surface area contributed by atoms with Crippen LogP contribution in [0.25, 0.3) is 0 Å². The highest BCUT2D eigenvalue weighted by atomic mass is 127. The van der Waals surface area contributed by atoms with Crippen LogP contribution in [0.1, 0.15) is 63.4 Å². The van der Waals surface area contributed by atoms with Crippen molar-refractivity contribution < 1.29 is 0 Å². The third-order valence-electron chi connectivity index (χ3n) is 5.48. The zero-order valence-electron chi connectivity index (χ0n) is 15.9. The largest absolute Gasteiger partial charge is 0.356 e. The molecule has 6 heteroatoms. The summed E-state index contributed by atoms with van der Waals surface area (Å²) in [7, 11) is 3.88. The minimum absolute atomic E-state index is 0. The molecule has 0 spiro atoms. The van der Waals surface area contributed by atoms with Crippen LogP contribution in [0.5, 0.6) is 0 Å². The lowest BCUT2D eigenvalue weighted by Crippen LogP contribution is -2.46. The molecular weight excluding hydrogens is 413 g/mol. The van der Waals surface area contributed by atoms with Crippen LogP contribution in [-0.4, -0.2) is 29.3 Å². The van der Waals surface area contributed by atoms with E-state index in [1.54, 1.807) is 0 Å². The van der Waals surface area contributed by atoms with Gasteiger partial charge >= 0.3 is 0 Å². The molecule has 1 heterocycles. The highest BCUT2D eigenvalue weighted by molar-refractivity contribution is 14.0. The Balaban J connectivity index is 0.00000288. The minimum Gasteiger partial charge on any atom is -0.356 e. The summed E-state index contributed by atoms with van der Waals surface area (Å²) in [4.78, 5) is 4.38. The van der Waals surface area contributed by atoms with E-state index in [0.717, 1.165) is 31.9 Å². The molecule has 1 fully saturated rings. The van der Waals surface area contributed by atoms with Gasteiger partial charge in [0.1, 0.15) is 0 Å². The average molecular weight is 447 g/mol. The van der Waals surface area contributed by atoms with E-state index in [-0.39, 0.29) is 24.0 Å². The van der Waals surface area contributed by atoms with Crippen molar-refractivity contribution >= 4 is 29.9 Å². The van der Waals surface area contributed by atoms with Crippen molar-refractivity contribution in [3.05, 3.63) is 17.0 Å². The maximum atomic E-state index is 4.64.